The zero-order valence-electron chi connectivity index (χ0n) is 14.5. The predicted octanol–water partition coefficient (Wildman–Crippen LogP) is 3.11. The van der Waals surface area contributed by atoms with Crippen molar-refractivity contribution in [3.05, 3.63) is 40.0 Å². The summed E-state index contributed by atoms with van der Waals surface area (Å²) in [6.07, 6.45) is -2.70. The Hall–Kier alpha value is -1.63. The van der Waals surface area contributed by atoms with Crippen LogP contribution in [0.4, 0.5) is 19.0 Å². The second kappa shape index (κ2) is 9.90. The van der Waals surface area contributed by atoms with Crippen LogP contribution in [0.25, 0.3) is 0 Å². The largest absolute Gasteiger partial charge is 0.434 e. The van der Waals surface area contributed by atoms with Crippen molar-refractivity contribution in [1.82, 2.24) is 20.6 Å². The van der Waals surface area contributed by atoms with E-state index >= 15 is 0 Å². The van der Waals surface area contributed by atoms with Crippen molar-refractivity contribution in [1.29, 1.82) is 0 Å². The second-order valence-electron chi connectivity index (χ2n) is 5.32. The van der Waals surface area contributed by atoms with Gasteiger partial charge in [-0.2, -0.15) is 13.2 Å². The number of hydrogen-bond donors (Lipinski definition) is 2. The smallest absolute Gasteiger partial charge is 0.363 e. The molecule has 0 spiro atoms. The highest BCUT2D eigenvalue weighted by Gasteiger charge is 2.33. The summed E-state index contributed by atoms with van der Waals surface area (Å²) in [7, 11) is 5.41. The summed E-state index contributed by atoms with van der Waals surface area (Å²) < 4.78 is 37.6. The van der Waals surface area contributed by atoms with Gasteiger partial charge < -0.3 is 15.5 Å². The van der Waals surface area contributed by atoms with Crippen molar-refractivity contribution < 1.29 is 13.2 Å². The van der Waals surface area contributed by atoms with Crippen LogP contribution >= 0.6 is 35.3 Å². The van der Waals surface area contributed by atoms with Crippen LogP contribution in [0.2, 0.25) is 0 Å². The van der Waals surface area contributed by atoms with E-state index < -0.39 is 11.9 Å². The maximum absolute atomic E-state index is 12.5. The number of anilines is 1. The predicted molar refractivity (Wildman–Crippen MR) is 108 cm³/mol. The van der Waals surface area contributed by atoms with Gasteiger partial charge in [-0.25, -0.2) is 9.97 Å². The van der Waals surface area contributed by atoms with Crippen molar-refractivity contribution in [3.63, 3.8) is 0 Å². The third-order valence-corrected chi connectivity index (χ3v) is 4.05. The highest BCUT2D eigenvalue weighted by atomic mass is 127. The van der Waals surface area contributed by atoms with Crippen molar-refractivity contribution in [2.45, 2.75) is 19.3 Å². The van der Waals surface area contributed by atoms with Crippen LogP contribution < -0.4 is 15.5 Å². The van der Waals surface area contributed by atoms with Gasteiger partial charge in [0.1, 0.15) is 10.8 Å². The van der Waals surface area contributed by atoms with E-state index in [9.17, 15) is 13.2 Å². The van der Waals surface area contributed by atoms with Crippen molar-refractivity contribution in [2.24, 2.45) is 4.99 Å². The topological polar surface area (TPSA) is 65.4 Å². The minimum Gasteiger partial charge on any atom is -0.363 e. The lowest BCUT2D eigenvalue weighted by molar-refractivity contribution is -0.140. The molecule has 2 aromatic heterocycles. The molecule has 0 fully saturated rings. The summed E-state index contributed by atoms with van der Waals surface area (Å²) in [5, 5.41) is 7.41. The summed E-state index contributed by atoms with van der Waals surface area (Å²) in [4.78, 5) is 13.8. The molecule has 0 aliphatic heterocycles. The van der Waals surface area contributed by atoms with Crippen LogP contribution in [0.15, 0.2) is 28.7 Å². The van der Waals surface area contributed by atoms with Crippen LogP contribution in [0.1, 0.15) is 16.3 Å². The fraction of sp³-hybridized carbons (Fsp3) is 0.400. The van der Waals surface area contributed by atoms with E-state index in [1.54, 1.807) is 13.2 Å². The molecule has 0 aliphatic rings. The number of aromatic nitrogens is 2. The summed E-state index contributed by atoms with van der Waals surface area (Å²) >= 11 is 0.958. The quantitative estimate of drug-likeness (QED) is 0.376. The van der Waals surface area contributed by atoms with Gasteiger partial charge in [-0.3, -0.25) is 4.99 Å². The summed E-state index contributed by atoms with van der Waals surface area (Å²) in [6, 6.07) is 3.82. The first-order valence-corrected chi connectivity index (χ1v) is 8.26. The number of nitrogens with one attached hydrogen (secondary N) is 2. The van der Waals surface area contributed by atoms with Gasteiger partial charge in [0.2, 0.25) is 0 Å². The van der Waals surface area contributed by atoms with Gasteiger partial charge in [-0.15, -0.1) is 35.3 Å². The number of aliphatic imine (C=N–C) groups is 1. The van der Waals surface area contributed by atoms with Gasteiger partial charge in [0, 0.05) is 39.3 Å². The van der Waals surface area contributed by atoms with Crippen LogP contribution in [0, 0.1) is 0 Å². The number of alkyl halides is 3. The SMILES string of the molecule is CN=C(NCc1ccnc(N(C)C)c1)NCc1nc(C(F)(F)F)cs1.I. The molecule has 144 valence electrons. The Labute approximate surface area is 171 Å². The van der Waals surface area contributed by atoms with Crippen LogP contribution in [-0.2, 0) is 19.3 Å². The molecule has 0 unspecified atom stereocenters. The normalized spacial score (nSPS) is 11.7. The maximum Gasteiger partial charge on any atom is 0.434 e. The first-order chi connectivity index (χ1) is 11.8. The number of nitrogens with zero attached hydrogens (tertiary/aromatic N) is 4. The average molecular weight is 500 g/mol. The summed E-state index contributed by atoms with van der Waals surface area (Å²) in [6.45, 7) is 0.675. The standard InChI is InChI=1S/C15H19F3N6S.HI/c1-19-14(21-7-10-4-5-20-12(6-10)24(2)3)22-8-13-23-11(9-25-13)15(16,17)18;/h4-6,9H,7-8H2,1-3H3,(H2,19,21,22);1H. The summed E-state index contributed by atoms with van der Waals surface area (Å²) in [5.41, 5.74) is 0.139. The van der Waals surface area contributed by atoms with Gasteiger partial charge in [0.05, 0.1) is 6.54 Å². The van der Waals surface area contributed by atoms with Gasteiger partial charge >= 0.3 is 6.18 Å². The maximum atomic E-state index is 12.5. The van der Waals surface area contributed by atoms with E-state index in [1.807, 2.05) is 31.1 Å². The molecular formula is C15H20F3IN6S. The molecule has 0 aliphatic carbocycles. The van der Waals surface area contributed by atoms with Crippen LogP contribution in [-0.4, -0.2) is 37.1 Å². The minimum atomic E-state index is -4.42. The Morgan fingerprint density at radius 1 is 1.27 bits per heavy atom. The van der Waals surface area contributed by atoms with Gasteiger partial charge in [-0.1, -0.05) is 0 Å². The molecule has 2 rings (SSSR count). The molecular weight excluding hydrogens is 480 g/mol. The Balaban J connectivity index is 0.00000338. The molecule has 0 atom stereocenters. The molecule has 0 radical (unpaired) electrons. The molecule has 2 N–H and O–H groups in total. The zero-order chi connectivity index (χ0) is 18.4. The average Bonchev–Trinajstić information content (AvgIpc) is 3.04. The molecule has 0 saturated carbocycles. The highest BCUT2D eigenvalue weighted by molar-refractivity contribution is 14.0. The number of guanidine groups is 1. The minimum absolute atomic E-state index is 0. The molecule has 11 heteroatoms. The van der Waals surface area contributed by atoms with Gasteiger partial charge in [-0.05, 0) is 17.7 Å². The lowest BCUT2D eigenvalue weighted by Crippen LogP contribution is -2.36. The van der Waals surface area contributed by atoms with Crippen molar-refractivity contribution in [2.75, 3.05) is 26.0 Å². The number of hydrogen-bond acceptors (Lipinski definition) is 5. The van der Waals surface area contributed by atoms with Crippen molar-refractivity contribution >= 4 is 47.1 Å². The lowest BCUT2D eigenvalue weighted by Gasteiger charge is -2.14. The van der Waals surface area contributed by atoms with Gasteiger partial charge in [0.15, 0.2) is 11.7 Å². The van der Waals surface area contributed by atoms with Crippen LogP contribution in [0.5, 0.6) is 0 Å². The Bertz CT molecular complexity index is 732. The van der Waals surface area contributed by atoms with E-state index in [0.29, 0.717) is 17.5 Å². The first kappa shape index (κ1) is 22.4. The van der Waals surface area contributed by atoms with E-state index in [0.717, 1.165) is 28.1 Å². The molecule has 0 amide bonds. The monoisotopic (exact) mass is 500 g/mol. The first-order valence-electron chi connectivity index (χ1n) is 7.38. The molecule has 2 heterocycles. The number of thiazole rings is 1. The van der Waals surface area contributed by atoms with Crippen molar-refractivity contribution in [3.8, 4) is 0 Å². The third kappa shape index (κ3) is 6.59. The number of pyridine rings is 1. The van der Waals surface area contributed by atoms with Crippen LogP contribution in [0.3, 0.4) is 0 Å². The fourth-order valence-electron chi connectivity index (χ4n) is 1.90. The third-order valence-electron chi connectivity index (χ3n) is 3.20. The molecule has 26 heavy (non-hydrogen) atoms. The zero-order valence-corrected chi connectivity index (χ0v) is 17.6. The second-order valence-corrected chi connectivity index (χ2v) is 6.26. The molecule has 0 aromatic carbocycles. The van der Waals surface area contributed by atoms with E-state index in [1.165, 1.54) is 0 Å². The molecule has 0 saturated heterocycles. The number of halogens is 4. The molecule has 0 bridgehead atoms. The highest BCUT2D eigenvalue weighted by Crippen LogP contribution is 2.29. The number of rotatable bonds is 5. The van der Waals surface area contributed by atoms with E-state index in [2.05, 4.69) is 25.6 Å². The summed E-state index contributed by atoms with van der Waals surface area (Å²) in [5.74, 6) is 1.32. The fourth-order valence-corrected chi connectivity index (χ4v) is 2.64. The van der Waals surface area contributed by atoms with E-state index in [4.69, 9.17) is 0 Å². The lowest BCUT2D eigenvalue weighted by atomic mass is 10.2. The Kier molecular flexibility index (Phi) is 8.53. The van der Waals surface area contributed by atoms with E-state index in [-0.39, 0.29) is 30.5 Å². The van der Waals surface area contributed by atoms with Gasteiger partial charge in [0.25, 0.3) is 0 Å². The Morgan fingerprint density at radius 3 is 2.54 bits per heavy atom. The molecule has 2 aromatic rings. The Morgan fingerprint density at radius 2 is 1.96 bits per heavy atom. The molecule has 6 nitrogen and oxygen atoms in total.